The number of nitrogens with zero attached hydrogens (tertiary/aromatic N) is 3. The van der Waals surface area contributed by atoms with Gasteiger partial charge in [-0.1, -0.05) is 0 Å². The second-order valence-corrected chi connectivity index (χ2v) is 10.4. The number of likely N-dealkylation sites (tertiary alicyclic amines) is 1. The molecule has 0 bridgehead atoms. The smallest absolute Gasteiger partial charge is 0.255 e. The Hall–Kier alpha value is -2.04. The molecule has 2 aromatic heterocycles. The lowest BCUT2D eigenvalue weighted by Gasteiger charge is -2.35. The van der Waals surface area contributed by atoms with E-state index in [9.17, 15) is 18.0 Å². The maximum Gasteiger partial charge on any atom is 0.255 e. The number of thiophene rings is 1. The average molecular weight is 437 g/mol. The number of H-pyrrole nitrogens is 1. The fourth-order valence-corrected chi connectivity index (χ4v) is 5.50. The van der Waals surface area contributed by atoms with Crippen molar-refractivity contribution < 1.29 is 13.2 Å². The second-order valence-electron chi connectivity index (χ2n) is 7.63. The lowest BCUT2D eigenvalue weighted by molar-refractivity contribution is -0.134. The van der Waals surface area contributed by atoms with E-state index in [1.807, 2.05) is 21.7 Å². The molecule has 156 valence electrons. The number of aromatic amines is 1. The third kappa shape index (κ3) is 4.29. The number of carbonyl (C=O) groups is 1. The Balaban J connectivity index is 1.60. The number of sulfonamides is 1. The van der Waals surface area contributed by atoms with Gasteiger partial charge in [-0.25, -0.2) is 13.4 Å². The highest BCUT2D eigenvalue weighted by atomic mass is 32.2. The van der Waals surface area contributed by atoms with Crippen molar-refractivity contribution in [2.24, 2.45) is 0 Å². The van der Waals surface area contributed by atoms with E-state index in [2.05, 4.69) is 9.97 Å². The predicted molar refractivity (Wildman–Crippen MR) is 110 cm³/mol. The molecule has 1 fully saturated rings. The quantitative estimate of drug-likeness (QED) is 0.781. The number of rotatable bonds is 4. The summed E-state index contributed by atoms with van der Waals surface area (Å²) in [4.78, 5) is 35.0. The van der Waals surface area contributed by atoms with E-state index >= 15 is 0 Å². The molecule has 0 aromatic carbocycles. The van der Waals surface area contributed by atoms with Gasteiger partial charge in [0.1, 0.15) is 5.82 Å². The van der Waals surface area contributed by atoms with Crippen LogP contribution in [0.5, 0.6) is 0 Å². The van der Waals surface area contributed by atoms with Gasteiger partial charge in [-0.15, -0.1) is 0 Å². The summed E-state index contributed by atoms with van der Waals surface area (Å²) in [6, 6.07) is 1.70. The monoisotopic (exact) mass is 436 g/mol. The van der Waals surface area contributed by atoms with Crippen LogP contribution in [0.2, 0.25) is 0 Å². The van der Waals surface area contributed by atoms with Crippen molar-refractivity contribution in [3.8, 4) is 0 Å². The zero-order chi connectivity index (χ0) is 20.6. The number of hydrogen-bond acceptors (Lipinski definition) is 6. The highest BCUT2D eigenvalue weighted by Gasteiger charge is 2.32. The van der Waals surface area contributed by atoms with Gasteiger partial charge < -0.3 is 9.88 Å². The van der Waals surface area contributed by atoms with E-state index in [4.69, 9.17) is 0 Å². The lowest BCUT2D eigenvalue weighted by Crippen LogP contribution is -2.42. The standard InChI is InChI=1S/C19H24N4O4S2/c1-29(26,27)22-8-5-15-14(11-22)19(25)21-18(20-15)16-4-2-3-7-23(16)17(24)10-13-6-9-28-12-13/h6,9,12,16H,2-5,7-8,10-11H2,1H3,(H,20,21,25). The molecule has 1 atom stereocenters. The predicted octanol–water partition coefficient (Wildman–Crippen LogP) is 1.45. The fraction of sp³-hybridized carbons (Fsp3) is 0.526. The Morgan fingerprint density at radius 3 is 2.90 bits per heavy atom. The number of piperidine rings is 1. The molecule has 10 heteroatoms. The zero-order valence-corrected chi connectivity index (χ0v) is 17.9. The molecular weight excluding hydrogens is 412 g/mol. The van der Waals surface area contributed by atoms with Gasteiger partial charge in [0.25, 0.3) is 5.56 Å². The molecule has 4 heterocycles. The van der Waals surface area contributed by atoms with Crippen molar-refractivity contribution in [1.82, 2.24) is 19.2 Å². The van der Waals surface area contributed by atoms with E-state index in [1.165, 1.54) is 4.31 Å². The van der Waals surface area contributed by atoms with Crippen LogP contribution < -0.4 is 5.56 Å². The maximum atomic E-state index is 12.9. The van der Waals surface area contributed by atoms with Gasteiger partial charge in [-0.2, -0.15) is 15.6 Å². The first-order chi connectivity index (χ1) is 13.8. The van der Waals surface area contributed by atoms with E-state index < -0.39 is 10.0 Å². The van der Waals surface area contributed by atoms with Crippen LogP contribution in [-0.2, 0) is 34.2 Å². The van der Waals surface area contributed by atoms with Crippen molar-refractivity contribution in [2.75, 3.05) is 19.3 Å². The Labute approximate surface area is 173 Å². The second kappa shape index (κ2) is 8.00. The van der Waals surface area contributed by atoms with Crippen molar-refractivity contribution in [3.63, 3.8) is 0 Å². The van der Waals surface area contributed by atoms with Gasteiger partial charge in [-0.3, -0.25) is 9.59 Å². The summed E-state index contributed by atoms with van der Waals surface area (Å²) in [6.45, 7) is 1.01. The van der Waals surface area contributed by atoms with Gasteiger partial charge in [-0.05, 0) is 41.7 Å². The van der Waals surface area contributed by atoms with Gasteiger partial charge in [0.15, 0.2) is 0 Å². The van der Waals surface area contributed by atoms with Crippen LogP contribution in [0.25, 0.3) is 0 Å². The van der Waals surface area contributed by atoms with Gasteiger partial charge >= 0.3 is 0 Å². The molecule has 1 amide bonds. The summed E-state index contributed by atoms with van der Waals surface area (Å²) in [5.74, 6) is 0.552. The molecule has 1 unspecified atom stereocenters. The van der Waals surface area contributed by atoms with Crippen LogP contribution in [-0.4, -0.2) is 52.8 Å². The molecule has 0 aliphatic carbocycles. The summed E-state index contributed by atoms with van der Waals surface area (Å²) in [5.41, 5.74) is 1.73. The molecule has 2 aromatic rings. The van der Waals surface area contributed by atoms with Crippen LogP contribution in [0.15, 0.2) is 21.6 Å². The molecule has 8 nitrogen and oxygen atoms in total. The number of nitrogens with one attached hydrogen (secondary N) is 1. The summed E-state index contributed by atoms with van der Waals surface area (Å²) in [7, 11) is -3.36. The SMILES string of the molecule is CS(=O)(=O)N1CCc2nc(C3CCCCN3C(=O)Cc3ccsc3)[nH]c(=O)c2C1. The van der Waals surface area contributed by atoms with Crippen molar-refractivity contribution >= 4 is 27.3 Å². The summed E-state index contributed by atoms with van der Waals surface area (Å²) in [6.07, 6.45) is 4.55. The minimum absolute atomic E-state index is 0.0386. The largest absolute Gasteiger partial charge is 0.332 e. The zero-order valence-electron chi connectivity index (χ0n) is 16.3. The van der Waals surface area contributed by atoms with Gasteiger partial charge in [0.2, 0.25) is 15.9 Å². The van der Waals surface area contributed by atoms with Crippen LogP contribution in [0, 0.1) is 0 Å². The highest BCUT2D eigenvalue weighted by Crippen LogP contribution is 2.30. The van der Waals surface area contributed by atoms with Crippen LogP contribution in [0.4, 0.5) is 0 Å². The average Bonchev–Trinajstić information content (AvgIpc) is 3.20. The Morgan fingerprint density at radius 2 is 2.17 bits per heavy atom. The lowest BCUT2D eigenvalue weighted by atomic mass is 9.99. The van der Waals surface area contributed by atoms with Crippen LogP contribution in [0.1, 0.15) is 47.9 Å². The molecule has 1 saturated heterocycles. The normalized spacial score (nSPS) is 20.4. The number of hydrogen-bond donors (Lipinski definition) is 1. The minimum atomic E-state index is -3.36. The Bertz CT molecular complexity index is 1060. The van der Waals surface area contributed by atoms with Crippen molar-refractivity contribution in [1.29, 1.82) is 0 Å². The van der Waals surface area contributed by atoms with E-state index in [1.54, 1.807) is 11.3 Å². The Morgan fingerprint density at radius 1 is 1.34 bits per heavy atom. The van der Waals surface area contributed by atoms with Gasteiger partial charge in [0, 0.05) is 26.1 Å². The summed E-state index contributed by atoms with van der Waals surface area (Å²) >= 11 is 1.57. The Kier molecular flexibility index (Phi) is 5.58. The molecule has 0 radical (unpaired) electrons. The van der Waals surface area contributed by atoms with Crippen LogP contribution in [0.3, 0.4) is 0 Å². The van der Waals surface area contributed by atoms with Crippen molar-refractivity contribution in [3.05, 3.63) is 49.8 Å². The summed E-state index contributed by atoms with van der Waals surface area (Å²) < 4.78 is 24.9. The topological polar surface area (TPSA) is 103 Å². The van der Waals surface area contributed by atoms with E-state index in [0.29, 0.717) is 43.0 Å². The van der Waals surface area contributed by atoms with Crippen LogP contribution >= 0.6 is 11.3 Å². The minimum Gasteiger partial charge on any atom is -0.332 e. The van der Waals surface area contributed by atoms with E-state index in [0.717, 1.165) is 31.1 Å². The first-order valence-corrected chi connectivity index (χ1v) is 12.5. The number of aromatic nitrogens is 2. The highest BCUT2D eigenvalue weighted by molar-refractivity contribution is 7.88. The first kappa shape index (κ1) is 20.2. The molecule has 2 aliphatic rings. The molecule has 0 spiro atoms. The number of fused-ring (bicyclic) bond motifs is 1. The summed E-state index contributed by atoms with van der Waals surface area (Å²) in [5, 5.41) is 3.93. The number of amides is 1. The van der Waals surface area contributed by atoms with E-state index in [-0.39, 0.29) is 24.1 Å². The fourth-order valence-electron chi connectivity index (χ4n) is 4.04. The third-order valence-corrected chi connectivity index (χ3v) is 7.58. The molecule has 1 N–H and O–H groups in total. The molecule has 2 aliphatic heterocycles. The van der Waals surface area contributed by atoms with Crippen molar-refractivity contribution in [2.45, 2.75) is 44.7 Å². The van der Waals surface area contributed by atoms with Gasteiger partial charge in [0.05, 0.1) is 30.0 Å². The molecule has 0 saturated carbocycles. The third-order valence-electron chi connectivity index (χ3n) is 5.60. The first-order valence-electron chi connectivity index (χ1n) is 9.70. The molecule has 4 rings (SSSR count). The molecule has 29 heavy (non-hydrogen) atoms. The molecular formula is C19H24N4O4S2. The number of carbonyl (C=O) groups excluding carboxylic acids is 1. The maximum absolute atomic E-state index is 12.9.